The Kier molecular flexibility index (Phi) is 8.14. The lowest BCUT2D eigenvalue weighted by Crippen LogP contribution is -2.43. The van der Waals surface area contributed by atoms with E-state index >= 15 is 0 Å². The van der Waals surface area contributed by atoms with E-state index in [1.807, 2.05) is 58.0 Å². The SMILES string of the molecule is Cc1ccc(S(=O)(=O)NC(CC(C)C)C(=O)Oc2ccc3c(C)c(Cc4ccccc4)c(=O)oc3c2)cc1. The maximum atomic E-state index is 13.1. The predicted octanol–water partition coefficient (Wildman–Crippen LogP) is 5.30. The summed E-state index contributed by atoms with van der Waals surface area (Å²) in [5.74, 6) is -0.564. The summed E-state index contributed by atoms with van der Waals surface area (Å²) in [4.78, 5) is 25.9. The summed E-state index contributed by atoms with van der Waals surface area (Å²) in [7, 11) is -3.95. The smallest absolute Gasteiger partial charge is 0.340 e. The molecule has 8 heteroatoms. The minimum Gasteiger partial charge on any atom is -0.425 e. The van der Waals surface area contributed by atoms with Crippen LogP contribution in [-0.4, -0.2) is 20.4 Å². The summed E-state index contributed by atoms with van der Waals surface area (Å²) < 4.78 is 39.5. The van der Waals surface area contributed by atoms with Gasteiger partial charge in [0.2, 0.25) is 10.0 Å². The van der Waals surface area contributed by atoms with Crippen LogP contribution < -0.4 is 15.1 Å². The largest absolute Gasteiger partial charge is 0.425 e. The number of ether oxygens (including phenoxy) is 1. The average molecular weight is 534 g/mol. The maximum absolute atomic E-state index is 13.1. The first-order valence-corrected chi connectivity index (χ1v) is 13.9. The van der Waals surface area contributed by atoms with Gasteiger partial charge in [0.05, 0.1) is 4.90 Å². The third kappa shape index (κ3) is 6.38. The van der Waals surface area contributed by atoms with Crippen molar-refractivity contribution < 1.29 is 22.4 Å². The van der Waals surface area contributed by atoms with Crippen molar-refractivity contribution in [3.05, 3.63) is 105 Å². The molecule has 0 radical (unpaired) electrons. The van der Waals surface area contributed by atoms with E-state index in [0.29, 0.717) is 12.0 Å². The molecule has 0 fully saturated rings. The van der Waals surface area contributed by atoms with E-state index < -0.39 is 27.7 Å². The molecule has 38 heavy (non-hydrogen) atoms. The van der Waals surface area contributed by atoms with Crippen LogP contribution in [0.25, 0.3) is 11.0 Å². The molecule has 1 heterocycles. The molecule has 1 unspecified atom stereocenters. The number of carbonyl (C=O) groups is 1. The van der Waals surface area contributed by atoms with Gasteiger partial charge in [0, 0.05) is 23.4 Å². The highest BCUT2D eigenvalue weighted by molar-refractivity contribution is 7.89. The fraction of sp³-hybridized carbons (Fsp3) is 0.267. The number of sulfonamides is 1. The molecule has 0 aliphatic carbocycles. The lowest BCUT2D eigenvalue weighted by atomic mass is 10.00. The Labute approximate surface area is 222 Å². The second-order valence-electron chi connectivity index (χ2n) is 9.85. The zero-order valence-corrected chi connectivity index (χ0v) is 22.7. The number of benzene rings is 3. The summed E-state index contributed by atoms with van der Waals surface area (Å²) in [5.41, 5.74) is 3.11. The van der Waals surface area contributed by atoms with Gasteiger partial charge >= 0.3 is 11.6 Å². The van der Waals surface area contributed by atoms with Crippen molar-refractivity contribution in [2.45, 2.75) is 51.5 Å². The lowest BCUT2D eigenvalue weighted by molar-refractivity contribution is -0.136. The molecule has 1 N–H and O–H groups in total. The van der Waals surface area contributed by atoms with Crippen LogP contribution in [0, 0.1) is 19.8 Å². The topological polar surface area (TPSA) is 103 Å². The molecule has 7 nitrogen and oxygen atoms in total. The van der Waals surface area contributed by atoms with E-state index in [0.717, 1.165) is 22.1 Å². The summed E-state index contributed by atoms with van der Waals surface area (Å²) in [5, 5.41) is 0.731. The van der Waals surface area contributed by atoms with Crippen molar-refractivity contribution in [2.24, 2.45) is 5.92 Å². The molecule has 198 valence electrons. The Morgan fingerprint density at radius 2 is 1.66 bits per heavy atom. The molecule has 1 aromatic heterocycles. The number of esters is 1. The minimum atomic E-state index is -3.95. The monoisotopic (exact) mass is 533 g/mol. The number of nitrogens with one attached hydrogen (secondary N) is 1. The van der Waals surface area contributed by atoms with Gasteiger partial charge in [-0.1, -0.05) is 61.9 Å². The number of carbonyl (C=O) groups excluding carboxylic acids is 1. The van der Waals surface area contributed by atoms with Crippen LogP contribution >= 0.6 is 0 Å². The molecule has 0 spiro atoms. The highest BCUT2D eigenvalue weighted by Gasteiger charge is 2.28. The second-order valence-corrected chi connectivity index (χ2v) is 11.6. The molecule has 0 aliphatic rings. The number of fused-ring (bicyclic) bond motifs is 1. The Hall–Kier alpha value is -3.75. The fourth-order valence-electron chi connectivity index (χ4n) is 4.27. The number of hydrogen-bond acceptors (Lipinski definition) is 6. The summed E-state index contributed by atoms with van der Waals surface area (Å²) in [6.07, 6.45) is 0.689. The third-order valence-electron chi connectivity index (χ3n) is 6.32. The van der Waals surface area contributed by atoms with E-state index in [9.17, 15) is 18.0 Å². The van der Waals surface area contributed by atoms with Crippen LogP contribution in [0.3, 0.4) is 0 Å². The van der Waals surface area contributed by atoms with Crippen molar-refractivity contribution >= 4 is 27.0 Å². The highest BCUT2D eigenvalue weighted by Crippen LogP contribution is 2.26. The van der Waals surface area contributed by atoms with Gasteiger partial charge < -0.3 is 9.15 Å². The molecule has 0 amide bonds. The summed E-state index contributed by atoms with van der Waals surface area (Å²) in [6.45, 7) is 7.50. The molecule has 1 atom stereocenters. The van der Waals surface area contributed by atoms with Gasteiger partial charge in [-0.25, -0.2) is 18.0 Å². The molecule has 0 saturated carbocycles. The molecule has 4 aromatic rings. The maximum Gasteiger partial charge on any atom is 0.340 e. The molecule has 0 aliphatic heterocycles. The quantitative estimate of drug-likeness (QED) is 0.178. The summed E-state index contributed by atoms with van der Waals surface area (Å²) in [6, 6.07) is 19.8. The van der Waals surface area contributed by atoms with Gasteiger partial charge in [0.1, 0.15) is 17.4 Å². The first-order chi connectivity index (χ1) is 18.0. The van der Waals surface area contributed by atoms with E-state index in [4.69, 9.17) is 9.15 Å². The minimum absolute atomic E-state index is 0.0218. The Balaban J connectivity index is 1.58. The van der Waals surface area contributed by atoms with Crippen LogP contribution in [0.15, 0.2) is 86.9 Å². The zero-order valence-electron chi connectivity index (χ0n) is 21.9. The highest BCUT2D eigenvalue weighted by atomic mass is 32.2. The van der Waals surface area contributed by atoms with Crippen LogP contribution in [0.1, 0.15) is 42.5 Å². The zero-order chi connectivity index (χ0) is 27.4. The van der Waals surface area contributed by atoms with E-state index in [2.05, 4.69) is 4.72 Å². The number of aryl methyl sites for hydroxylation is 2. The first-order valence-electron chi connectivity index (χ1n) is 12.4. The van der Waals surface area contributed by atoms with Crippen LogP contribution in [0.2, 0.25) is 0 Å². The third-order valence-corrected chi connectivity index (χ3v) is 7.81. The van der Waals surface area contributed by atoms with Gasteiger partial charge in [-0.15, -0.1) is 0 Å². The van der Waals surface area contributed by atoms with Crippen molar-refractivity contribution in [1.29, 1.82) is 0 Å². The number of rotatable bonds is 9. The van der Waals surface area contributed by atoms with Gasteiger partial charge in [-0.05, 0) is 61.6 Å². The van der Waals surface area contributed by atoms with Crippen molar-refractivity contribution in [3.8, 4) is 5.75 Å². The van der Waals surface area contributed by atoms with Crippen LogP contribution in [0.5, 0.6) is 5.75 Å². The number of hydrogen-bond donors (Lipinski definition) is 1. The van der Waals surface area contributed by atoms with Gasteiger partial charge in [-0.2, -0.15) is 4.72 Å². The van der Waals surface area contributed by atoms with Crippen LogP contribution in [0.4, 0.5) is 0 Å². The first kappa shape index (κ1) is 27.3. The van der Waals surface area contributed by atoms with E-state index in [1.165, 1.54) is 18.2 Å². The lowest BCUT2D eigenvalue weighted by Gasteiger charge is -2.19. The molecular formula is C30H31NO6S. The van der Waals surface area contributed by atoms with Gasteiger partial charge in [0.15, 0.2) is 0 Å². The normalized spacial score (nSPS) is 12.6. The molecule has 3 aromatic carbocycles. The van der Waals surface area contributed by atoms with Crippen molar-refractivity contribution in [2.75, 3.05) is 0 Å². The van der Waals surface area contributed by atoms with Crippen LogP contribution in [-0.2, 0) is 21.2 Å². The standard InChI is InChI=1S/C30H31NO6S/c1-19(2)16-27(31-38(34,35)24-13-10-20(3)11-14-24)30(33)36-23-12-15-25-21(4)26(29(32)37-28(25)18-23)17-22-8-6-5-7-9-22/h5-15,18-19,27,31H,16-17H2,1-4H3. The second kappa shape index (κ2) is 11.3. The Bertz CT molecular complexity index is 1610. The van der Waals surface area contributed by atoms with E-state index in [1.54, 1.807) is 24.3 Å². The Morgan fingerprint density at radius 1 is 0.974 bits per heavy atom. The average Bonchev–Trinajstić information content (AvgIpc) is 2.86. The predicted molar refractivity (Wildman–Crippen MR) is 147 cm³/mol. The molecule has 0 saturated heterocycles. The van der Waals surface area contributed by atoms with Crippen molar-refractivity contribution in [3.63, 3.8) is 0 Å². The fourth-order valence-corrected chi connectivity index (χ4v) is 5.46. The van der Waals surface area contributed by atoms with Gasteiger partial charge in [0.25, 0.3) is 0 Å². The molecular weight excluding hydrogens is 502 g/mol. The Morgan fingerprint density at radius 3 is 2.32 bits per heavy atom. The summed E-state index contributed by atoms with van der Waals surface area (Å²) >= 11 is 0. The van der Waals surface area contributed by atoms with Gasteiger partial charge in [-0.3, -0.25) is 0 Å². The molecule has 4 rings (SSSR count). The van der Waals surface area contributed by atoms with Crippen molar-refractivity contribution in [1.82, 2.24) is 4.72 Å². The van der Waals surface area contributed by atoms with E-state index in [-0.39, 0.29) is 28.6 Å². The molecule has 0 bridgehead atoms.